The van der Waals surface area contributed by atoms with E-state index >= 15 is 0 Å². The fourth-order valence-corrected chi connectivity index (χ4v) is 1.44. The third-order valence-corrected chi connectivity index (χ3v) is 2.22. The Labute approximate surface area is 92.4 Å². The topological polar surface area (TPSA) is 58.6 Å². The van der Waals surface area contributed by atoms with E-state index in [4.69, 9.17) is 9.94 Å². The molecule has 0 atom stereocenters. The first-order valence-corrected chi connectivity index (χ1v) is 4.84. The zero-order chi connectivity index (χ0) is 11.4. The normalized spacial score (nSPS) is 10.1. The van der Waals surface area contributed by atoms with E-state index in [2.05, 4.69) is 0 Å². The van der Waals surface area contributed by atoms with Crippen LogP contribution in [0.4, 0.5) is 0 Å². The first-order chi connectivity index (χ1) is 7.79. The lowest BCUT2D eigenvalue weighted by Gasteiger charge is -2.05. The quantitative estimate of drug-likeness (QED) is 0.608. The van der Waals surface area contributed by atoms with Crippen molar-refractivity contribution in [1.82, 2.24) is 5.48 Å². The van der Waals surface area contributed by atoms with Crippen LogP contribution in [0.3, 0.4) is 0 Å². The number of carbonyl (C=O) groups is 1. The molecule has 1 amide bonds. The molecule has 2 N–H and O–H groups in total. The maximum Gasteiger partial charge on any atom is 0.281 e. The summed E-state index contributed by atoms with van der Waals surface area (Å²) in [7, 11) is 0. The average molecular weight is 217 g/mol. The molecule has 0 radical (unpaired) electrons. The number of fused-ring (bicyclic) bond motifs is 1. The van der Waals surface area contributed by atoms with E-state index in [0.29, 0.717) is 5.75 Å². The summed E-state index contributed by atoms with van der Waals surface area (Å²) in [6.45, 7) is -0.200. The zero-order valence-corrected chi connectivity index (χ0v) is 8.51. The highest BCUT2D eigenvalue weighted by Gasteiger charge is 2.01. The number of hydrogen-bond acceptors (Lipinski definition) is 3. The van der Waals surface area contributed by atoms with Crippen molar-refractivity contribution < 1.29 is 14.7 Å². The molecule has 82 valence electrons. The molecule has 4 nitrogen and oxygen atoms in total. The van der Waals surface area contributed by atoms with Gasteiger partial charge in [-0.05, 0) is 22.9 Å². The Hall–Kier alpha value is -2.07. The van der Waals surface area contributed by atoms with Gasteiger partial charge in [0.2, 0.25) is 0 Å². The molecule has 0 saturated heterocycles. The molecule has 0 fully saturated rings. The van der Waals surface area contributed by atoms with Crippen LogP contribution >= 0.6 is 0 Å². The molecule has 0 aliphatic rings. The van der Waals surface area contributed by atoms with E-state index in [1.807, 2.05) is 36.4 Å². The molecule has 2 aromatic rings. The molecule has 0 aromatic heterocycles. The third kappa shape index (κ3) is 2.29. The predicted octanol–water partition coefficient (Wildman–Crippen LogP) is 1.72. The summed E-state index contributed by atoms with van der Waals surface area (Å²) in [6.07, 6.45) is 0. The number of rotatable bonds is 3. The lowest BCUT2D eigenvalue weighted by atomic mass is 10.1. The maximum absolute atomic E-state index is 10.8. The molecule has 0 unspecified atom stereocenters. The van der Waals surface area contributed by atoms with Crippen molar-refractivity contribution in [3.63, 3.8) is 0 Å². The van der Waals surface area contributed by atoms with E-state index in [0.717, 1.165) is 10.8 Å². The van der Waals surface area contributed by atoms with Crippen molar-refractivity contribution >= 4 is 16.7 Å². The second-order valence-corrected chi connectivity index (χ2v) is 3.33. The smallest absolute Gasteiger partial charge is 0.281 e. The van der Waals surface area contributed by atoms with Crippen LogP contribution in [0.5, 0.6) is 5.75 Å². The number of nitrogens with one attached hydrogen (secondary N) is 1. The summed E-state index contributed by atoms with van der Waals surface area (Å²) in [5, 5.41) is 10.5. The zero-order valence-electron chi connectivity index (χ0n) is 8.51. The van der Waals surface area contributed by atoms with Crippen LogP contribution in [0.2, 0.25) is 0 Å². The Kier molecular flexibility index (Phi) is 3.03. The van der Waals surface area contributed by atoms with Gasteiger partial charge in [-0.25, -0.2) is 5.48 Å². The van der Waals surface area contributed by atoms with Crippen LogP contribution in [-0.2, 0) is 4.79 Å². The summed E-state index contributed by atoms with van der Waals surface area (Å²) < 4.78 is 5.19. The molecular formula is C12H11NO3. The second-order valence-electron chi connectivity index (χ2n) is 3.33. The minimum Gasteiger partial charge on any atom is -0.484 e. The predicted molar refractivity (Wildman–Crippen MR) is 59.4 cm³/mol. The van der Waals surface area contributed by atoms with Gasteiger partial charge in [0.15, 0.2) is 6.61 Å². The molecule has 0 heterocycles. The number of benzene rings is 2. The van der Waals surface area contributed by atoms with E-state index in [1.165, 1.54) is 5.48 Å². The number of carbonyl (C=O) groups excluding carboxylic acids is 1. The van der Waals surface area contributed by atoms with Gasteiger partial charge in [-0.15, -0.1) is 0 Å². The molecule has 0 aliphatic carbocycles. The summed E-state index contributed by atoms with van der Waals surface area (Å²) in [4.78, 5) is 10.8. The summed E-state index contributed by atoms with van der Waals surface area (Å²) >= 11 is 0. The molecular weight excluding hydrogens is 206 g/mol. The van der Waals surface area contributed by atoms with E-state index < -0.39 is 5.91 Å². The average Bonchev–Trinajstić information content (AvgIpc) is 2.35. The first-order valence-electron chi connectivity index (χ1n) is 4.84. The van der Waals surface area contributed by atoms with Gasteiger partial charge in [0.1, 0.15) is 5.75 Å². The van der Waals surface area contributed by atoms with Gasteiger partial charge in [-0.1, -0.05) is 30.3 Å². The Morgan fingerprint density at radius 2 is 1.94 bits per heavy atom. The van der Waals surface area contributed by atoms with Gasteiger partial charge in [0.25, 0.3) is 5.91 Å². The van der Waals surface area contributed by atoms with Crippen LogP contribution < -0.4 is 10.2 Å². The van der Waals surface area contributed by atoms with Gasteiger partial charge < -0.3 is 4.74 Å². The number of amides is 1. The lowest BCUT2D eigenvalue weighted by molar-refractivity contribution is -0.131. The van der Waals surface area contributed by atoms with Crippen LogP contribution in [0.1, 0.15) is 0 Å². The highest BCUT2D eigenvalue weighted by Crippen LogP contribution is 2.20. The third-order valence-electron chi connectivity index (χ3n) is 2.22. The van der Waals surface area contributed by atoms with Crippen molar-refractivity contribution in [2.24, 2.45) is 0 Å². The fourth-order valence-electron chi connectivity index (χ4n) is 1.44. The minimum absolute atomic E-state index is 0.200. The fraction of sp³-hybridized carbons (Fsp3) is 0.0833. The summed E-state index contributed by atoms with van der Waals surface area (Å²) in [5.41, 5.74) is 1.51. The summed E-state index contributed by atoms with van der Waals surface area (Å²) in [5.74, 6) is 0.0236. The van der Waals surface area contributed by atoms with Gasteiger partial charge in [-0.3, -0.25) is 10.0 Å². The lowest BCUT2D eigenvalue weighted by Crippen LogP contribution is -2.25. The molecule has 4 heteroatoms. The molecule has 0 bridgehead atoms. The Balaban J connectivity index is 2.16. The van der Waals surface area contributed by atoms with Crippen molar-refractivity contribution in [2.75, 3.05) is 6.61 Å². The molecule has 2 rings (SSSR count). The van der Waals surface area contributed by atoms with Crippen LogP contribution in [-0.4, -0.2) is 17.7 Å². The van der Waals surface area contributed by atoms with Crippen molar-refractivity contribution in [2.45, 2.75) is 0 Å². The van der Waals surface area contributed by atoms with Gasteiger partial charge in [0, 0.05) is 0 Å². The number of hydroxylamine groups is 1. The number of ether oxygens (including phenoxy) is 1. The van der Waals surface area contributed by atoms with Crippen LogP contribution in [0.25, 0.3) is 10.8 Å². The van der Waals surface area contributed by atoms with Crippen molar-refractivity contribution in [1.29, 1.82) is 0 Å². The largest absolute Gasteiger partial charge is 0.484 e. The van der Waals surface area contributed by atoms with E-state index in [1.54, 1.807) is 6.07 Å². The van der Waals surface area contributed by atoms with Gasteiger partial charge >= 0.3 is 0 Å². The molecule has 0 spiro atoms. The highest BCUT2D eigenvalue weighted by atomic mass is 16.5. The van der Waals surface area contributed by atoms with Gasteiger partial charge in [-0.2, -0.15) is 0 Å². The molecule has 0 saturated carbocycles. The first kappa shape index (κ1) is 10.4. The van der Waals surface area contributed by atoms with Crippen molar-refractivity contribution in [3.05, 3.63) is 42.5 Å². The summed E-state index contributed by atoms with van der Waals surface area (Å²) in [6, 6.07) is 13.4. The Bertz CT molecular complexity index is 510. The maximum atomic E-state index is 10.8. The van der Waals surface area contributed by atoms with E-state index in [9.17, 15) is 4.79 Å². The second kappa shape index (κ2) is 4.63. The molecule has 16 heavy (non-hydrogen) atoms. The van der Waals surface area contributed by atoms with Crippen molar-refractivity contribution in [3.8, 4) is 5.75 Å². The molecule has 2 aromatic carbocycles. The Morgan fingerprint density at radius 3 is 2.69 bits per heavy atom. The van der Waals surface area contributed by atoms with E-state index in [-0.39, 0.29) is 6.61 Å². The van der Waals surface area contributed by atoms with Crippen LogP contribution in [0.15, 0.2) is 42.5 Å². The van der Waals surface area contributed by atoms with Gasteiger partial charge in [0.05, 0.1) is 0 Å². The van der Waals surface area contributed by atoms with Crippen LogP contribution in [0, 0.1) is 0 Å². The number of hydrogen-bond donors (Lipinski definition) is 2. The minimum atomic E-state index is -0.576. The highest BCUT2D eigenvalue weighted by molar-refractivity contribution is 5.84. The molecule has 0 aliphatic heterocycles. The SMILES string of the molecule is O=C(COc1ccc2ccccc2c1)NO. The standard InChI is InChI=1S/C12H11NO3/c14-12(13-15)8-16-11-6-5-9-3-1-2-4-10(9)7-11/h1-7,15H,8H2,(H,13,14). The monoisotopic (exact) mass is 217 g/mol. The Morgan fingerprint density at radius 1 is 1.19 bits per heavy atom.